The number of hydrogen-bond acceptors (Lipinski definition) is 5. The highest BCUT2D eigenvalue weighted by Gasteiger charge is 2.25. The molecule has 5 heterocycles. The zero-order chi connectivity index (χ0) is 48.2. The highest BCUT2D eigenvalue weighted by molar-refractivity contribution is 6.36. The third-order valence-corrected chi connectivity index (χ3v) is 15.6. The Hall–Kier alpha value is -10.0. The van der Waals surface area contributed by atoms with E-state index in [2.05, 4.69) is 227 Å². The molecule has 0 aliphatic rings. The number of para-hydroxylation sites is 5. The predicted octanol–water partition coefficient (Wildman–Crippen LogP) is 19.8. The van der Waals surface area contributed by atoms with Crippen LogP contribution >= 0.6 is 0 Å². The first kappa shape index (κ1) is 39.7. The summed E-state index contributed by atoms with van der Waals surface area (Å²) in [5.41, 5.74) is 15.3. The average molecular weight is 946 g/mol. The highest BCUT2D eigenvalue weighted by Crippen LogP contribution is 2.49. The van der Waals surface area contributed by atoms with Gasteiger partial charge in [-0.2, -0.15) is 0 Å². The molecular weight excluding hydrogens is 907 g/mol. The van der Waals surface area contributed by atoms with E-state index in [1.807, 2.05) is 24.3 Å². The Morgan fingerprint density at radius 3 is 1.24 bits per heavy atom. The van der Waals surface area contributed by atoms with Crippen molar-refractivity contribution in [2.45, 2.75) is 0 Å². The average Bonchev–Trinajstić information content (AvgIpc) is 4.37. The van der Waals surface area contributed by atoms with Crippen LogP contribution in [0.5, 0.6) is 0 Å². The lowest BCUT2D eigenvalue weighted by Gasteiger charge is -2.26. The van der Waals surface area contributed by atoms with Gasteiger partial charge in [0, 0.05) is 88.0 Å². The summed E-state index contributed by atoms with van der Waals surface area (Å²) in [5.74, 6) is 0. The van der Waals surface area contributed by atoms with E-state index in [9.17, 15) is 0 Å². The Bertz CT molecular complexity index is 5160. The second-order valence-corrected chi connectivity index (χ2v) is 19.7. The van der Waals surface area contributed by atoms with Gasteiger partial charge in [0.1, 0.15) is 33.5 Å². The third-order valence-electron chi connectivity index (χ3n) is 15.6. The first-order valence-electron chi connectivity index (χ1n) is 25.1. The second kappa shape index (κ2) is 14.8. The Morgan fingerprint density at radius 2 is 0.676 bits per heavy atom. The number of rotatable bonds is 6. The topological polar surface area (TPSA) is 50.3 Å². The van der Waals surface area contributed by atoms with Crippen molar-refractivity contribution in [3.8, 4) is 0 Å². The molecule has 12 aromatic carbocycles. The molecule has 0 saturated carbocycles. The molecule has 0 aliphatic heterocycles. The van der Waals surface area contributed by atoms with Crippen molar-refractivity contribution in [2.24, 2.45) is 0 Å². The number of aromatic nitrogens is 1. The van der Waals surface area contributed by atoms with Crippen molar-refractivity contribution in [3.63, 3.8) is 0 Å². The standard InChI is InChI=1S/C68H39N3O3/c1-3-13-44(14-4-1)69(48-27-29-63-54(37-48)50-17-7-10-20-60(50)72-63)46-25-23-40-35-58-53(33-42(40)31-46)56-39-65-66(52-19-9-12-22-62(52)74-65)67-57-34-43-32-47(26-24-41(43)36-59(57)71(58)68(56)67)70(45-15-5-2-6-16-45)49-28-30-64-55(38-49)51-18-8-11-21-61(51)73-64/h1-39H. The van der Waals surface area contributed by atoms with Crippen LogP contribution in [0.25, 0.3) is 125 Å². The molecule has 74 heavy (non-hydrogen) atoms. The quantitative estimate of drug-likeness (QED) is 0.166. The van der Waals surface area contributed by atoms with Crippen LogP contribution in [0.4, 0.5) is 34.1 Å². The van der Waals surface area contributed by atoms with E-state index in [4.69, 9.17) is 13.3 Å². The van der Waals surface area contributed by atoms with Gasteiger partial charge in [0.25, 0.3) is 0 Å². The van der Waals surface area contributed by atoms with Crippen molar-refractivity contribution >= 4 is 160 Å². The monoisotopic (exact) mass is 945 g/mol. The van der Waals surface area contributed by atoms with E-state index in [0.29, 0.717) is 0 Å². The van der Waals surface area contributed by atoms with Crippen molar-refractivity contribution in [1.82, 2.24) is 4.40 Å². The van der Waals surface area contributed by atoms with Gasteiger partial charge in [0.15, 0.2) is 0 Å². The zero-order valence-corrected chi connectivity index (χ0v) is 39.6. The SMILES string of the molecule is c1ccc(N(c2ccc3cc4c(cc3c2)c2cc3oc5ccccc5c3c3c5cc6cc(N(c7ccccc7)c7ccc8oc9ccccc9c8c7)ccc6cc5n4c23)c2ccc3oc4ccccc4c3c2)cc1. The lowest BCUT2D eigenvalue weighted by Crippen LogP contribution is -2.09. The number of nitrogens with zero attached hydrogens (tertiary/aromatic N) is 3. The Kier molecular flexibility index (Phi) is 7.91. The van der Waals surface area contributed by atoms with Crippen molar-refractivity contribution in [2.75, 3.05) is 9.80 Å². The molecule has 0 bridgehead atoms. The summed E-state index contributed by atoms with van der Waals surface area (Å²) in [6.07, 6.45) is 0. The van der Waals surface area contributed by atoms with Crippen LogP contribution in [0.3, 0.4) is 0 Å². The van der Waals surface area contributed by atoms with Gasteiger partial charge in [-0.15, -0.1) is 0 Å². The maximum absolute atomic E-state index is 6.80. The van der Waals surface area contributed by atoms with E-state index in [-0.39, 0.29) is 0 Å². The fraction of sp³-hybridized carbons (Fsp3) is 0. The van der Waals surface area contributed by atoms with Gasteiger partial charge in [0.2, 0.25) is 0 Å². The molecule has 0 N–H and O–H groups in total. The Labute approximate surface area is 421 Å². The van der Waals surface area contributed by atoms with Gasteiger partial charge in [-0.25, -0.2) is 0 Å². The van der Waals surface area contributed by atoms with Gasteiger partial charge in [-0.1, -0.05) is 103 Å². The molecule has 0 fully saturated rings. The molecule has 0 unspecified atom stereocenters. The van der Waals surface area contributed by atoms with E-state index < -0.39 is 0 Å². The minimum Gasteiger partial charge on any atom is -0.456 e. The first-order chi connectivity index (χ1) is 36.6. The van der Waals surface area contributed by atoms with Crippen LogP contribution in [0.15, 0.2) is 250 Å². The van der Waals surface area contributed by atoms with Gasteiger partial charge in [0.05, 0.1) is 16.6 Å². The summed E-state index contributed by atoms with van der Waals surface area (Å²) in [7, 11) is 0. The maximum atomic E-state index is 6.80. The van der Waals surface area contributed by atoms with E-state index in [1.54, 1.807) is 0 Å². The highest BCUT2D eigenvalue weighted by atomic mass is 16.3. The smallest absolute Gasteiger partial charge is 0.136 e. The number of benzene rings is 12. The molecular formula is C68H39N3O3. The van der Waals surface area contributed by atoms with E-state index >= 15 is 0 Å². The van der Waals surface area contributed by atoms with Gasteiger partial charge in [-0.05, 0) is 155 Å². The second-order valence-electron chi connectivity index (χ2n) is 19.7. The fourth-order valence-corrected chi connectivity index (χ4v) is 12.3. The van der Waals surface area contributed by atoms with Crippen LogP contribution in [-0.4, -0.2) is 4.40 Å². The van der Waals surface area contributed by atoms with Crippen LogP contribution < -0.4 is 9.80 Å². The molecule has 0 radical (unpaired) electrons. The lowest BCUT2D eigenvalue weighted by molar-refractivity contribution is 0.668. The van der Waals surface area contributed by atoms with E-state index in [1.165, 1.54) is 48.9 Å². The zero-order valence-electron chi connectivity index (χ0n) is 39.6. The molecule has 0 spiro atoms. The predicted molar refractivity (Wildman–Crippen MR) is 307 cm³/mol. The molecule has 0 aliphatic carbocycles. The lowest BCUT2D eigenvalue weighted by atomic mass is 9.99. The van der Waals surface area contributed by atoms with Crippen molar-refractivity contribution < 1.29 is 13.3 Å². The minimum atomic E-state index is 0.877. The summed E-state index contributed by atoms with van der Waals surface area (Å²) in [5, 5.41) is 16.1. The van der Waals surface area contributed by atoms with Crippen LogP contribution in [0.2, 0.25) is 0 Å². The molecule has 0 atom stereocenters. The van der Waals surface area contributed by atoms with Gasteiger partial charge >= 0.3 is 0 Å². The molecule has 344 valence electrons. The van der Waals surface area contributed by atoms with Crippen LogP contribution in [0.1, 0.15) is 0 Å². The molecule has 0 amide bonds. The molecule has 17 rings (SSSR count). The van der Waals surface area contributed by atoms with E-state index in [0.717, 1.165) is 111 Å². The molecule has 0 saturated heterocycles. The van der Waals surface area contributed by atoms with Crippen molar-refractivity contribution in [1.29, 1.82) is 0 Å². The Morgan fingerprint density at radius 1 is 0.243 bits per heavy atom. The number of anilines is 6. The molecule has 6 heteroatoms. The van der Waals surface area contributed by atoms with Gasteiger partial charge < -0.3 is 27.5 Å². The first-order valence-corrected chi connectivity index (χ1v) is 25.1. The normalized spacial score (nSPS) is 12.3. The summed E-state index contributed by atoms with van der Waals surface area (Å²) >= 11 is 0. The minimum absolute atomic E-state index is 0.877. The Balaban J connectivity index is 0.880. The number of hydrogen-bond donors (Lipinski definition) is 0. The van der Waals surface area contributed by atoms with Crippen LogP contribution in [0, 0.1) is 0 Å². The van der Waals surface area contributed by atoms with Crippen LogP contribution in [-0.2, 0) is 0 Å². The summed E-state index contributed by atoms with van der Waals surface area (Å²) in [6.45, 7) is 0. The summed E-state index contributed by atoms with van der Waals surface area (Å²) in [6, 6.07) is 84.9. The fourth-order valence-electron chi connectivity index (χ4n) is 12.3. The number of furan rings is 3. The largest absolute Gasteiger partial charge is 0.456 e. The summed E-state index contributed by atoms with van der Waals surface area (Å²) < 4.78 is 21.8. The third kappa shape index (κ3) is 5.59. The van der Waals surface area contributed by atoms with Gasteiger partial charge in [-0.3, -0.25) is 0 Å². The van der Waals surface area contributed by atoms with Crippen molar-refractivity contribution in [3.05, 3.63) is 237 Å². The molecule has 5 aromatic heterocycles. The maximum Gasteiger partial charge on any atom is 0.136 e. The summed E-state index contributed by atoms with van der Waals surface area (Å²) in [4.78, 5) is 4.70. The molecule has 6 nitrogen and oxygen atoms in total. The molecule has 17 aromatic rings. The number of fused-ring (bicyclic) bond motifs is 18.